The van der Waals surface area contributed by atoms with Gasteiger partial charge in [0.2, 0.25) is 5.75 Å². The Morgan fingerprint density at radius 3 is 2.47 bits per heavy atom. The van der Waals surface area contributed by atoms with Gasteiger partial charge in [-0.3, -0.25) is 9.78 Å². The van der Waals surface area contributed by atoms with Crippen molar-refractivity contribution in [2.24, 2.45) is 0 Å². The van der Waals surface area contributed by atoms with Gasteiger partial charge in [0.25, 0.3) is 0 Å². The minimum atomic E-state index is -0.331. The normalized spacial score (nSPS) is 18.9. The average Bonchev–Trinajstić information content (AvgIpc) is 3.46. The molecule has 0 amide bonds. The summed E-state index contributed by atoms with van der Waals surface area (Å²) in [6.45, 7) is 0. The van der Waals surface area contributed by atoms with Crippen LogP contribution in [0.1, 0.15) is 41.6 Å². The Balaban J connectivity index is 1.60. The van der Waals surface area contributed by atoms with Gasteiger partial charge in [-0.15, -0.1) is 0 Å². The van der Waals surface area contributed by atoms with E-state index in [9.17, 15) is 4.79 Å². The van der Waals surface area contributed by atoms with E-state index in [1.165, 1.54) is 0 Å². The standard InChI is InChI=1S/C29H26N2O5/c1-33-24-14-17(15-25(34-2)29(24)35-3)26-27-18-6-4-10-30-19(18)8-9-20(27)31-21-12-16(13-22(32)28(21)26)23-7-5-11-36-23/h4-11,14-16,26,31H,12-13H2,1-3H3/t16-,26-/m1/s1. The summed E-state index contributed by atoms with van der Waals surface area (Å²) in [4.78, 5) is 18.4. The summed E-state index contributed by atoms with van der Waals surface area (Å²) in [5, 5.41) is 4.59. The molecular weight excluding hydrogens is 456 g/mol. The lowest BCUT2D eigenvalue weighted by atomic mass is 9.72. The second-order valence-corrected chi connectivity index (χ2v) is 9.05. The van der Waals surface area contributed by atoms with Gasteiger partial charge in [-0.25, -0.2) is 0 Å². The van der Waals surface area contributed by atoms with Crippen molar-refractivity contribution in [2.75, 3.05) is 26.6 Å². The highest BCUT2D eigenvalue weighted by atomic mass is 16.5. The van der Waals surface area contributed by atoms with E-state index in [2.05, 4.69) is 16.4 Å². The van der Waals surface area contributed by atoms with Crippen LogP contribution in [0.25, 0.3) is 10.9 Å². The third-order valence-electron chi connectivity index (χ3n) is 7.16. The first kappa shape index (κ1) is 22.2. The van der Waals surface area contributed by atoms with E-state index in [1.54, 1.807) is 33.8 Å². The molecule has 1 aliphatic carbocycles. The number of methoxy groups -OCH3 is 3. The van der Waals surface area contributed by atoms with Crippen molar-refractivity contribution in [2.45, 2.75) is 24.7 Å². The summed E-state index contributed by atoms with van der Waals surface area (Å²) in [6.07, 6.45) is 4.50. The number of pyridine rings is 1. The Morgan fingerprint density at radius 2 is 1.78 bits per heavy atom. The number of hydrogen-bond donors (Lipinski definition) is 1. The molecule has 182 valence electrons. The highest BCUT2D eigenvalue weighted by Crippen LogP contribution is 2.52. The van der Waals surface area contributed by atoms with Crippen molar-refractivity contribution >= 4 is 22.4 Å². The molecule has 3 heterocycles. The summed E-state index contributed by atoms with van der Waals surface area (Å²) in [5.74, 6) is 2.18. The first-order valence-electron chi connectivity index (χ1n) is 11.9. The van der Waals surface area contributed by atoms with E-state index in [0.717, 1.165) is 44.7 Å². The number of aromatic nitrogens is 1. The van der Waals surface area contributed by atoms with Crippen LogP contribution in [0.15, 0.2) is 76.7 Å². The van der Waals surface area contributed by atoms with Crippen LogP contribution in [0.2, 0.25) is 0 Å². The Hall–Kier alpha value is -4.26. The number of rotatable bonds is 5. The molecule has 0 bridgehead atoms. The minimum absolute atomic E-state index is 0.0111. The Labute approximate surface area is 208 Å². The number of nitrogens with zero attached hydrogens (tertiary/aromatic N) is 1. The topological polar surface area (TPSA) is 82.8 Å². The number of carbonyl (C=O) groups is 1. The quantitative estimate of drug-likeness (QED) is 0.384. The number of benzene rings is 2. The van der Waals surface area contributed by atoms with Crippen molar-refractivity contribution in [3.8, 4) is 17.2 Å². The third-order valence-corrected chi connectivity index (χ3v) is 7.16. The van der Waals surface area contributed by atoms with Gasteiger partial charge < -0.3 is 23.9 Å². The molecule has 0 unspecified atom stereocenters. The van der Waals surface area contributed by atoms with Gasteiger partial charge in [0.05, 0.1) is 33.1 Å². The lowest BCUT2D eigenvalue weighted by Crippen LogP contribution is -2.30. The maximum Gasteiger partial charge on any atom is 0.203 e. The van der Waals surface area contributed by atoms with Crippen molar-refractivity contribution < 1.29 is 23.4 Å². The van der Waals surface area contributed by atoms with Crippen LogP contribution in [0.5, 0.6) is 17.2 Å². The van der Waals surface area contributed by atoms with E-state index in [-0.39, 0.29) is 17.6 Å². The summed E-state index contributed by atoms with van der Waals surface area (Å²) >= 11 is 0. The van der Waals surface area contributed by atoms with E-state index in [4.69, 9.17) is 18.6 Å². The van der Waals surface area contributed by atoms with Crippen LogP contribution in [0, 0.1) is 0 Å². The second kappa shape index (κ2) is 8.75. The zero-order chi connectivity index (χ0) is 24.8. The molecule has 36 heavy (non-hydrogen) atoms. The highest BCUT2D eigenvalue weighted by molar-refractivity contribution is 6.04. The molecule has 7 heteroatoms. The van der Waals surface area contributed by atoms with Crippen molar-refractivity contribution in [3.05, 3.63) is 89.1 Å². The fraction of sp³-hybridized carbons (Fsp3) is 0.241. The Morgan fingerprint density at radius 1 is 0.972 bits per heavy atom. The van der Waals surface area contributed by atoms with Crippen molar-refractivity contribution in [1.29, 1.82) is 0 Å². The SMILES string of the molecule is COc1cc([C@H]2C3=C(C[C@@H](c4ccco4)CC3=O)Nc3ccc4ncccc4c32)cc(OC)c1OC. The number of ether oxygens (including phenoxy) is 3. The van der Waals surface area contributed by atoms with Crippen molar-refractivity contribution in [1.82, 2.24) is 4.98 Å². The predicted octanol–water partition coefficient (Wildman–Crippen LogP) is 5.81. The number of Topliss-reactive ketones (excluding diaryl/α,β-unsaturated/α-hetero) is 1. The molecule has 1 N–H and O–H groups in total. The molecule has 0 fully saturated rings. The molecule has 1 aliphatic heterocycles. The molecule has 7 nitrogen and oxygen atoms in total. The number of ketones is 1. The summed E-state index contributed by atoms with van der Waals surface area (Å²) in [7, 11) is 4.78. The molecule has 0 spiro atoms. The Kier molecular flexibility index (Phi) is 5.40. The van der Waals surface area contributed by atoms with Gasteiger partial charge in [-0.2, -0.15) is 0 Å². The number of furan rings is 1. The van der Waals surface area contributed by atoms with E-state index >= 15 is 0 Å². The number of fused-ring (bicyclic) bond motifs is 3. The molecule has 4 aromatic rings. The van der Waals surface area contributed by atoms with E-state index in [1.807, 2.05) is 42.5 Å². The number of hydrogen-bond acceptors (Lipinski definition) is 7. The van der Waals surface area contributed by atoms with Crippen LogP contribution in [-0.2, 0) is 4.79 Å². The van der Waals surface area contributed by atoms with Crippen molar-refractivity contribution in [3.63, 3.8) is 0 Å². The van der Waals surface area contributed by atoms with Gasteiger partial charge in [0.1, 0.15) is 5.76 Å². The average molecular weight is 483 g/mol. The summed E-state index contributed by atoms with van der Waals surface area (Å²) in [6, 6.07) is 15.7. The molecule has 0 saturated heterocycles. The van der Waals surface area contributed by atoms with Crippen LogP contribution in [-0.4, -0.2) is 32.1 Å². The molecule has 0 saturated carbocycles. The largest absolute Gasteiger partial charge is 0.493 e. The second-order valence-electron chi connectivity index (χ2n) is 9.05. The number of carbonyl (C=O) groups excluding carboxylic acids is 1. The first-order valence-corrected chi connectivity index (χ1v) is 11.9. The zero-order valence-electron chi connectivity index (χ0n) is 20.3. The molecule has 2 aromatic heterocycles. The zero-order valence-corrected chi connectivity index (χ0v) is 20.3. The van der Waals surface area contributed by atoms with Crippen LogP contribution in [0.4, 0.5) is 5.69 Å². The highest BCUT2D eigenvalue weighted by Gasteiger charge is 2.40. The lowest BCUT2D eigenvalue weighted by molar-refractivity contribution is -0.116. The number of nitrogens with one attached hydrogen (secondary N) is 1. The summed E-state index contributed by atoms with van der Waals surface area (Å²) < 4.78 is 22.6. The monoisotopic (exact) mass is 482 g/mol. The van der Waals surface area contributed by atoms with E-state index in [0.29, 0.717) is 30.1 Å². The molecular formula is C29H26N2O5. The maximum absolute atomic E-state index is 13.9. The van der Waals surface area contributed by atoms with Gasteiger partial charge >= 0.3 is 0 Å². The number of allylic oxidation sites excluding steroid dienone is 2. The summed E-state index contributed by atoms with van der Waals surface area (Å²) in [5.41, 5.74) is 5.41. The molecule has 2 aliphatic rings. The van der Waals surface area contributed by atoms with Crippen LogP contribution < -0.4 is 19.5 Å². The molecule has 2 aromatic carbocycles. The fourth-order valence-corrected chi connectivity index (χ4v) is 5.61. The number of anilines is 1. The van der Waals surface area contributed by atoms with Crippen LogP contribution in [0.3, 0.4) is 0 Å². The maximum atomic E-state index is 13.9. The molecule has 2 atom stereocenters. The van der Waals surface area contributed by atoms with Gasteiger partial charge in [-0.05, 0) is 60.0 Å². The minimum Gasteiger partial charge on any atom is -0.493 e. The van der Waals surface area contributed by atoms with Crippen LogP contribution >= 0.6 is 0 Å². The predicted molar refractivity (Wildman–Crippen MR) is 136 cm³/mol. The Bertz CT molecular complexity index is 1480. The van der Waals surface area contributed by atoms with Gasteiger partial charge in [0, 0.05) is 46.8 Å². The van der Waals surface area contributed by atoms with Gasteiger partial charge in [-0.1, -0.05) is 6.07 Å². The van der Waals surface area contributed by atoms with Gasteiger partial charge in [0.15, 0.2) is 17.3 Å². The lowest BCUT2D eigenvalue weighted by Gasteiger charge is -2.37. The fourth-order valence-electron chi connectivity index (χ4n) is 5.61. The molecule has 0 radical (unpaired) electrons. The molecule has 6 rings (SSSR count). The third kappa shape index (κ3) is 3.42. The smallest absolute Gasteiger partial charge is 0.203 e. The van der Waals surface area contributed by atoms with E-state index < -0.39 is 0 Å². The first-order chi connectivity index (χ1) is 17.6.